The van der Waals surface area contributed by atoms with Gasteiger partial charge in [-0.05, 0) is 60.1 Å². The van der Waals surface area contributed by atoms with Crippen molar-refractivity contribution in [3.8, 4) is 0 Å². The van der Waals surface area contributed by atoms with Crippen molar-refractivity contribution >= 4 is 21.9 Å². The number of nitrogen functional groups attached to an aromatic ring is 1. The molecule has 0 fully saturated rings. The summed E-state index contributed by atoms with van der Waals surface area (Å²) in [7, 11) is -4.56. The molecule has 152 valence electrons. The van der Waals surface area contributed by atoms with Gasteiger partial charge in [-0.1, -0.05) is 32.9 Å². The van der Waals surface area contributed by atoms with Crippen LogP contribution in [0.4, 0.5) is 14.9 Å². The number of halogens is 1. The molecule has 0 heterocycles. The van der Waals surface area contributed by atoms with Gasteiger partial charge in [-0.25, -0.2) is 9.18 Å². The number of hydrogen-bond acceptors (Lipinski definition) is 5. The Hall–Kier alpha value is -2.61. The summed E-state index contributed by atoms with van der Waals surface area (Å²) < 4.78 is 44.7. The SMILES string of the molecule is Cc1c(C(C)(C)C)cc(S(=O)(=O)OC(N)=O)c(CCc2ccc(N)cc2)c1F. The Bertz CT molecular complexity index is 994. The van der Waals surface area contributed by atoms with Crippen LogP contribution < -0.4 is 11.5 Å². The third kappa shape index (κ3) is 4.81. The molecule has 0 radical (unpaired) electrons. The van der Waals surface area contributed by atoms with Gasteiger partial charge < -0.3 is 15.7 Å². The predicted molar refractivity (Wildman–Crippen MR) is 106 cm³/mol. The molecule has 2 aromatic rings. The number of anilines is 1. The number of carbonyl (C=O) groups excluding carboxylic acids is 1. The maximum Gasteiger partial charge on any atom is 0.420 e. The molecule has 0 saturated carbocycles. The summed E-state index contributed by atoms with van der Waals surface area (Å²) in [6.45, 7) is 7.13. The number of rotatable bonds is 5. The number of nitrogens with two attached hydrogens (primary N) is 2. The Kier molecular flexibility index (Phi) is 6.03. The topological polar surface area (TPSA) is 112 Å². The Balaban J connectivity index is 2.60. The first-order valence-electron chi connectivity index (χ1n) is 8.73. The summed E-state index contributed by atoms with van der Waals surface area (Å²) in [5.41, 5.74) is 12.3. The molecule has 2 rings (SSSR count). The largest absolute Gasteiger partial charge is 0.420 e. The van der Waals surface area contributed by atoms with Crippen molar-refractivity contribution in [3.63, 3.8) is 0 Å². The quantitative estimate of drug-likeness (QED) is 0.580. The molecule has 8 heteroatoms. The van der Waals surface area contributed by atoms with Crippen LogP contribution in [0.2, 0.25) is 0 Å². The van der Waals surface area contributed by atoms with Crippen LogP contribution in [-0.4, -0.2) is 14.5 Å². The zero-order valence-electron chi connectivity index (χ0n) is 16.4. The lowest BCUT2D eigenvalue weighted by molar-refractivity contribution is 0.212. The van der Waals surface area contributed by atoms with E-state index in [0.29, 0.717) is 23.2 Å². The maximum atomic E-state index is 15.2. The smallest absolute Gasteiger partial charge is 0.399 e. The third-order valence-electron chi connectivity index (χ3n) is 4.48. The fourth-order valence-electron chi connectivity index (χ4n) is 3.12. The van der Waals surface area contributed by atoms with Crippen molar-refractivity contribution in [1.82, 2.24) is 0 Å². The normalized spacial score (nSPS) is 12.0. The number of amides is 1. The van der Waals surface area contributed by atoms with Crippen molar-refractivity contribution in [1.29, 1.82) is 0 Å². The Morgan fingerprint density at radius 1 is 1.14 bits per heavy atom. The molecule has 0 spiro atoms. The summed E-state index contributed by atoms with van der Waals surface area (Å²) in [6, 6.07) is 8.38. The summed E-state index contributed by atoms with van der Waals surface area (Å²) >= 11 is 0. The number of benzene rings is 2. The van der Waals surface area contributed by atoms with Crippen LogP contribution in [-0.2, 0) is 32.6 Å². The van der Waals surface area contributed by atoms with E-state index in [9.17, 15) is 13.2 Å². The molecule has 0 aliphatic carbocycles. The van der Waals surface area contributed by atoms with Crippen molar-refractivity contribution in [2.75, 3.05) is 5.73 Å². The van der Waals surface area contributed by atoms with Crippen LogP contribution in [0.15, 0.2) is 35.2 Å². The monoisotopic (exact) mass is 408 g/mol. The van der Waals surface area contributed by atoms with E-state index in [-0.39, 0.29) is 16.9 Å². The molecular formula is C20H25FN2O4S. The average Bonchev–Trinajstić information content (AvgIpc) is 2.55. The highest BCUT2D eigenvalue weighted by Gasteiger charge is 2.30. The number of primary amides is 1. The molecule has 28 heavy (non-hydrogen) atoms. The molecule has 1 amide bonds. The van der Waals surface area contributed by atoms with Crippen molar-refractivity contribution < 1.29 is 21.8 Å². The highest BCUT2D eigenvalue weighted by atomic mass is 32.2. The minimum absolute atomic E-state index is 0.0384. The first kappa shape index (κ1) is 21.7. The van der Waals surface area contributed by atoms with E-state index in [2.05, 4.69) is 4.18 Å². The van der Waals surface area contributed by atoms with Crippen LogP contribution >= 0.6 is 0 Å². The highest BCUT2D eigenvalue weighted by molar-refractivity contribution is 7.87. The van der Waals surface area contributed by atoms with E-state index >= 15 is 4.39 Å². The summed E-state index contributed by atoms with van der Waals surface area (Å²) in [6.07, 6.45) is -0.995. The predicted octanol–water partition coefficient (Wildman–Crippen LogP) is 3.58. The van der Waals surface area contributed by atoms with Crippen molar-refractivity contribution in [2.45, 2.75) is 50.8 Å². The van der Waals surface area contributed by atoms with Crippen LogP contribution in [0.25, 0.3) is 0 Å². The summed E-state index contributed by atoms with van der Waals surface area (Å²) in [5, 5.41) is 0. The lowest BCUT2D eigenvalue weighted by Gasteiger charge is -2.25. The van der Waals surface area contributed by atoms with Crippen molar-refractivity contribution in [2.24, 2.45) is 5.73 Å². The first-order valence-corrected chi connectivity index (χ1v) is 10.1. The van der Waals surface area contributed by atoms with Gasteiger partial charge >= 0.3 is 16.2 Å². The summed E-state index contributed by atoms with van der Waals surface area (Å²) in [5.74, 6) is -0.630. The molecule has 6 nitrogen and oxygen atoms in total. The highest BCUT2D eigenvalue weighted by Crippen LogP contribution is 2.34. The van der Waals surface area contributed by atoms with Crippen LogP contribution in [0.5, 0.6) is 0 Å². The van der Waals surface area contributed by atoms with E-state index in [0.717, 1.165) is 5.56 Å². The maximum absolute atomic E-state index is 15.2. The van der Waals surface area contributed by atoms with Crippen LogP contribution in [0.1, 0.15) is 43.0 Å². The molecule has 0 aliphatic rings. The fraction of sp³-hybridized carbons (Fsp3) is 0.350. The molecule has 0 aliphatic heterocycles. The molecule has 4 N–H and O–H groups in total. The van der Waals surface area contributed by atoms with Gasteiger partial charge in [0.1, 0.15) is 10.7 Å². The second-order valence-electron chi connectivity index (χ2n) is 7.69. The standard InChI is InChI=1S/C20H25FN2O4S/c1-12-16(20(2,3)4)11-17(28(25,26)27-19(23)24)15(18(12)21)10-7-13-5-8-14(22)9-6-13/h5-6,8-9,11H,7,10,22H2,1-4H3,(H2,23,24). The number of aryl methyl sites for hydroxylation is 1. The summed E-state index contributed by atoms with van der Waals surface area (Å²) in [4.78, 5) is 10.7. The molecular weight excluding hydrogens is 383 g/mol. The minimum atomic E-state index is -4.56. The molecule has 0 unspecified atom stereocenters. The van der Waals surface area contributed by atoms with Gasteiger partial charge in [0.25, 0.3) is 0 Å². The second kappa shape index (κ2) is 7.79. The van der Waals surface area contributed by atoms with E-state index in [4.69, 9.17) is 11.5 Å². The Labute approximate surface area is 164 Å². The zero-order valence-corrected chi connectivity index (χ0v) is 17.2. The van der Waals surface area contributed by atoms with Gasteiger partial charge in [0, 0.05) is 11.3 Å². The number of carbonyl (C=O) groups is 1. The van der Waals surface area contributed by atoms with Gasteiger partial charge in [0.2, 0.25) is 0 Å². The van der Waals surface area contributed by atoms with Gasteiger partial charge in [0.05, 0.1) is 0 Å². The number of hydrogen-bond donors (Lipinski definition) is 2. The van der Waals surface area contributed by atoms with Gasteiger partial charge in [-0.2, -0.15) is 8.42 Å². The van der Waals surface area contributed by atoms with Gasteiger partial charge in [0.15, 0.2) is 0 Å². The zero-order chi connectivity index (χ0) is 21.3. The van der Waals surface area contributed by atoms with Crippen molar-refractivity contribution in [3.05, 3.63) is 58.4 Å². The average molecular weight is 408 g/mol. The van der Waals surface area contributed by atoms with Gasteiger partial charge in [-0.15, -0.1) is 0 Å². The molecule has 0 saturated heterocycles. The lowest BCUT2D eigenvalue weighted by atomic mass is 9.83. The van der Waals surface area contributed by atoms with Gasteiger partial charge in [-0.3, -0.25) is 0 Å². The lowest BCUT2D eigenvalue weighted by Crippen LogP contribution is -2.23. The third-order valence-corrected chi connectivity index (χ3v) is 5.77. The Morgan fingerprint density at radius 3 is 2.21 bits per heavy atom. The van der Waals surface area contributed by atoms with E-state index < -0.39 is 27.4 Å². The Morgan fingerprint density at radius 2 is 1.71 bits per heavy atom. The van der Waals surface area contributed by atoms with E-state index in [1.165, 1.54) is 6.07 Å². The fourth-order valence-corrected chi connectivity index (χ4v) is 4.18. The first-order chi connectivity index (χ1) is 12.8. The van der Waals surface area contributed by atoms with E-state index in [1.807, 2.05) is 20.8 Å². The van der Waals surface area contributed by atoms with Crippen LogP contribution in [0, 0.1) is 12.7 Å². The van der Waals surface area contributed by atoms with E-state index in [1.54, 1.807) is 31.2 Å². The second-order valence-corrected chi connectivity index (χ2v) is 9.20. The molecule has 2 aromatic carbocycles. The molecule has 0 atom stereocenters. The van der Waals surface area contributed by atoms with Crippen LogP contribution in [0.3, 0.4) is 0 Å². The minimum Gasteiger partial charge on any atom is -0.399 e. The molecule has 0 bridgehead atoms. The molecule has 0 aromatic heterocycles.